The largest absolute Gasteiger partial charge is 0.477 e. The van der Waals surface area contributed by atoms with E-state index in [0.29, 0.717) is 5.33 Å². The highest BCUT2D eigenvalue weighted by Gasteiger charge is 2.56. The molecule has 0 radical (unpaired) electrons. The normalized spacial score (nSPS) is 24.7. The van der Waals surface area contributed by atoms with Crippen LogP contribution in [0.4, 0.5) is 0 Å². The zero-order valence-corrected chi connectivity index (χ0v) is 14.6. The Kier molecular flexibility index (Phi) is 5.48. The van der Waals surface area contributed by atoms with E-state index in [4.69, 9.17) is 10.5 Å². The Morgan fingerprint density at radius 1 is 1.52 bits per heavy atom. The number of amides is 1. The van der Waals surface area contributed by atoms with Crippen molar-refractivity contribution in [2.45, 2.75) is 24.9 Å². The molecule has 1 amide bonds. The second-order valence-electron chi connectivity index (χ2n) is 5.00. The number of carbonyl (C=O) groups is 4. The number of nitrogens with zero attached hydrogens (tertiary/aromatic N) is 1. The number of Topliss-reactive ketones (excluding diaryl/α,β-unsaturated/α-hetero) is 1. The number of thioether (sulfide) groups is 1. The first kappa shape index (κ1) is 18.0. The molecule has 1 saturated heterocycles. The maximum atomic E-state index is 12.2. The van der Waals surface area contributed by atoms with E-state index in [1.165, 1.54) is 11.8 Å². The van der Waals surface area contributed by atoms with Crippen molar-refractivity contribution in [3.63, 3.8) is 0 Å². The number of ether oxygens (including phenoxy) is 1. The third kappa shape index (κ3) is 3.29. The van der Waals surface area contributed by atoms with Crippen LogP contribution in [0, 0.1) is 5.92 Å². The monoisotopic (exact) mass is 406 g/mol. The molecule has 0 aliphatic carbocycles. The van der Waals surface area contributed by atoms with Crippen LogP contribution in [0.1, 0.15) is 13.3 Å². The highest BCUT2D eigenvalue weighted by molar-refractivity contribution is 9.09. The number of carbonyl (C=O) groups excluding carboxylic acids is 3. The summed E-state index contributed by atoms with van der Waals surface area (Å²) in [7, 11) is 0. The molecule has 0 saturated carbocycles. The molecule has 0 aromatic carbocycles. The molecule has 0 spiro atoms. The van der Waals surface area contributed by atoms with Crippen molar-refractivity contribution in [1.82, 2.24) is 4.90 Å². The number of fused-ring (bicyclic) bond motifs is 1. The molecule has 2 rings (SSSR count). The molecule has 2 aliphatic rings. The molecule has 10 heteroatoms. The smallest absolute Gasteiger partial charge is 0.352 e. The molecule has 2 heterocycles. The summed E-state index contributed by atoms with van der Waals surface area (Å²) in [6.07, 6.45) is -1.04. The second-order valence-corrected chi connectivity index (χ2v) is 6.90. The van der Waals surface area contributed by atoms with Crippen molar-refractivity contribution < 1.29 is 29.0 Å². The Bertz CT molecular complexity index is 607. The number of β-lactam (4-membered cyclic amide) rings is 1. The molecular formula is C13H15BrN2O6S. The molecule has 1 unspecified atom stereocenters. The summed E-state index contributed by atoms with van der Waals surface area (Å²) in [5.74, 6) is -3.44. The average Bonchev–Trinajstić information content (AvgIpc) is 2.44. The molecule has 23 heavy (non-hydrogen) atoms. The minimum Gasteiger partial charge on any atom is -0.477 e. The van der Waals surface area contributed by atoms with Crippen LogP contribution in [-0.4, -0.2) is 56.3 Å². The lowest BCUT2D eigenvalue weighted by molar-refractivity contribution is -0.157. The van der Waals surface area contributed by atoms with Crippen molar-refractivity contribution in [3.8, 4) is 0 Å². The number of esters is 1. The van der Waals surface area contributed by atoms with Gasteiger partial charge < -0.3 is 9.84 Å². The van der Waals surface area contributed by atoms with Crippen LogP contribution in [0.25, 0.3) is 0 Å². The molecule has 0 aromatic rings. The lowest BCUT2D eigenvalue weighted by Crippen LogP contribution is -2.64. The van der Waals surface area contributed by atoms with Crippen molar-refractivity contribution >= 4 is 51.3 Å². The molecule has 3 N–H and O–H groups in total. The van der Waals surface area contributed by atoms with Crippen LogP contribution >= 0.6 is 27.7 Å². The minimum atomic E-state index is -1.34. The van der Waals surface area contributed by atoms with E-state index in [9.17, 15) is 24.3 Å². The predicted octanol–water partition coefficient (Wildman–Crippen LogP) is 0.0584. The predicted molar refractivity (Wildman–Crippen MR) is 84.4 cm³/mol. The Labute approximate surface area is 144 Å². The number of ketones is 1. The van der Waals surface area contributed by atoms with Crippen molar-refractivity contribution in [1.29, 1.82) is 0 Å². The Balaban J connectivity index is 2.30. The Morgan fingerprint density at radius 3 is 2.70 bits per heavy atom. The van der Waals surface area contributed by atoms with E-state index >= 15 is 0 Å². The number of aliphatic carboxylic acids is 1. The van der Waals surface area contributed by atoms with E-state index in [2.05, 4.69) is 15.9 Å². The van der Waals surface area contributed by atoms with Gasteiger partial charge in [-0.3, -0.25) is 25.0 Å². The Hall–Kier alpha value is -1.39. The van der Waals surface area contributed by atoms with Gasteiger partial charge in [-0.1, -0.05) is 15.9 Å². The molecule has 1 fully saturated rings. The van der Waals surface area contributed by atoms with Gasteiger partial charge in [-0.15, -0.1) is 11.8 Å². The SMILES string of the molecule is CC(=O)OC(N)C1=C(C(=O)O)N2C(=O)[C@@H](C(=O)CCBr)[C@H]2SC1. The lowest BCUT2D eigenvalue weighted by atomic mass is 9.90. The first-order valence-electron chi connectivity index (χ1n) is 6.72. The minimum absolute atomic E-state index is 0.147. The maximum Gasteiger partial charge on any atom is 0.352 e. The fourth-order valence-corrected chi connectivity index (χ4v) is 4.38. The molecular weight excluding hydrogens is 392 g/mol. The third-order valence-electron chi connectivity index (χ3n) is 3.52. The highest BCUT2D eigenvalue weighted by Crippen LogP contribution is 2.45. The number of rotatable bonds is 6. The van der Waals surface area contributed by atoms with E-state index in [-0.39, 0.29) is 29.2 Å². The van der Waals surface area contributed by atoms with E-state index in [1.54, 1.807) is 0 Å². The number of carboxylic acids is 1. The summed E-state index contributed by atoms with van der Waals surface area (Å²) in [4.78, 5) is 47.8. The van der Waals surface area contributed by atoms with Gasteiger partial charge in [-0.05, 0) is 0 Å². The van der Waals surface area contributed by atoms with E-state index in [1.807, 2.05) is 0 Å². The first-order valence-corrected chi connectivity index (χ1v) is 8.89. The molecule has 3 atom stereocenters. The van der Waals surface area contributed by atoms with Gasteiger partial charge in [0.15, 0.2) is 6.23 Å². The topological polar surface area (TPSA) is 127 Å². The van der Waals surface area contributed by atoms with Crippen molar-refractivity contribution in [3.05, 3.63) is 11.3 Å². The zero-order chi connectivity index (χ0) is 17.3. The van der Waals surface area contributed by atoms with Gasteiger partial charge in [-0.25, -0.2) is 4.79 Å². The van der Waals surface area contributed by atoms with E-state index in [0.717, 1.165) is 11.8 Å². The maximum absolute atomic E-state index is 12.2. The number of alkyl halides is 1. The van der Waals surface area contributed by atoms with Crippen LogP contribution < -0.4 is 5.73 Å². The van der Waals surface area contributed by atoms with Crippen LogP contribution in [-0.2, 0) is 23.9 Å². The zero-order valence-electron chi connectivity index (χ0n) is 12.2. The number of nitrogens with two attached hydrogens (primary N) is 1. The van der Waals surface area contributed by atoms with E-state index < -0.39 is 35.4 Å². The van der Waals surface area contributed by atoms with Gasteiger partial charge in [-0.2, -0.15) is 0 Å². The standard InChI is InChI=1S/C13H15BrN2O6S/c1-5(17)22-10(15)6-4-23-12-8(7(18)2-3-14)11(19)16(12)9(6)13(20)21/h8,10,12H,2-4,15H2,1H3,(H,20,21)/t8-,10?,12-/m1/s1. The summed E-state index contributed by atoms with van der Waals surface area (Å²) >= 11 is 4.39. The highest BCUT2D eigenvalue weighted by atomic mass is 79.9. The number of hydrogen-bond acceptors (Lipinski definition) is 7. The van der Waals surface area contributed by atoms with Crippen molar-refractivity contribution in [2.75, 3.05) is 11.1 Å². The first-order chi connectivity index (χ1) is 10.8. The van der Waals surface area contributed by atoms with Crippen LogP contribution in [0.2, 0.25) is 0 Å². The van der Waals surface area contributed by atoms with Gasteiger partial charge in [0, 0.05) is 30.0 Å². The summed E-state index contributed by atoms with van der Waals surface area (Å²) in [5, 5.41) is 9.30. The summed E-state index contributed by atoms with van der Waals surface area (Å²) < 4.78 is 4.82. The fourth-order valence-electron chi connectivity index (χ4n) is 2.52. The summed E-state index contributed by atoms with van der Waals surface area (Å²) in [6.45, 7) is 1.16. The fraction of sp³-hybridized carbons (Fsp3) is 0.538. The van der Waals surface area contributed by atoms with Gasteiger partial charge in [0.25, 0.3) is 0 Å². The molecule has 2 aliphatic heterocycles. The lowest BCUT2D eigenvalue weighted by Gasteiger charge is -2.49. The molecule has 126 valence electrons. The van der Waals surface area contributed by atoms with Crippen LogP contribution in [0.15, 0.2) is 11.3 Å². The van der Waals surface area contributed by atoms with Gasteiger partial charge in [0.1, 0.15) is 22.8 Å². The quantitative estimate of drug-likeness (QED) is 0.208. The molecule has 8 nitrogen and oxygen atoms in total. The van der Waals surface area contributed by atoms with Gasteiger partial charge >= 0.3 is 11.9 Å². The Morgan fingerprint density at radius 2 is 2.17 bits per heavy atom. The third-order valence-corrected chi connectivity index (χ3v) is 5.22. The average molecular weight is 407 g/mol. The number of carboxylic acid groups (broad SMARTS) is 1. The summed E-state index contributed by atoms with van der Waals surface area (Å²) in [6, 6.07) is 0. The number of hydrogen-bond donors (Lipinski definition) is 2. The van der Waals surface area contributed by atoms with Crippen LogP contribution in [0.3, 0.4) is 0 Å². The number of halogens is 1. The van der Waals surface area contributed by atoms with Crippen LogP contribution in [0.5, 0.6) is 0 Å². The van der Waals surface area contributed by atoms with Gasteiger partial charge in [0.05, 0.1) is 0 Å². The van der Waals surface area contributed by atoms with Gasteiger partial charge in [0.2, 0.25) is 5.91 Å². The second kappa shape index (κ2) is 7.02. The molecule has 0 bridgehead atoms. The van der Waals surface area contributed by atoms with Crippen molar-refractivity contribution in [2.24, 2.45) is 11.7 Å². The summed E-state index contributed by atoms with van der Waals surface area (Å²) in [5.41, 5.74) is 5.56. The molecule has 0 aromatic heterocycles.